The van der Waals surface area contributed by atoms with Crippen molar-refractivity contribution >= 4 is 37.5 Å². The predicted octanol–water partition coefficient (Wildman–Crippen LogP) is 4.84. The molecule has 104 valence electrons. The van der Waals surface area contributed by atoms with E-state index in [4.69, 9.17) is 4.74 Å². The summed E-state index contributed by atoms with van der Waals surface area (Å²) < 4.78 is 19.9. The maximum absolute atomic E-state index is 13.5. The summed E-state index contributed by atoms with van der Waals surface area (Å²) in [5, 5.41) is 10.8. The molecule has 0 atom stereocenters. The Balaban J connectivity index is 2.17. The number of hydrogen-bond donors (Lipinski definition) is 0. The zero-order valence-corrected chi connectivity index (χ0v) is 13.1. The van der Waals surface area contributed by atoms with Crippen LogP contribution in [0.5, 0.6) is 5.75 Å². The number of nitro groups is 1. The maximum Gasteiger partial charge on any atom is 0.283 e. The Hall–Kier alpha value is -1.47. The van der Waals surface area contributed by atoms with Crippen molar-refractivity contribution in [1.29, 1.82) is 0 Å². The average Bonchev–Trinajstić information content (AvgIpc) is 2.41. The van der Waals surface area contributed by atoms with Crippen LogP contribution in [-0.4, -0.2) is 4.92 Å². The molecule has 0 aromatic heterocycles. The molecule has 0 fully saturated rings. The number of nitro benzene ring substituents is 1. The number of benzene rings is 2. The molecule has 2 rings (SSSR count). The summed E-state index contributed by atoms with van der Waals surface area (Å²) in [6.07, 6.45) is 0. The van der Waals surface area contributed by atoms with E-state index in [0.29, 0.717) is 14.5 Å². The smallest absolute Gasteiger partial charge is 0.283 e. The van der Waals surface area contributed by atoms with Crippen molar-refractivity contribution < 1.29 is 14.1 Å². The van der Waals surface area contributed by atoms with Crippen molar-refractivity contribution in [2.75, 3.05) is 0 Å². The van der Waals surface area contributed by atoms with Crippen LogP contribution in [0.2, 0.25) is 0 Å². The van der Waals surface area contributed by atoms with Gasteiger partial charge in [-0.1, -0.05) is 22.0 Å². The lowest BCUT2D eigenvalue weighted by Gasteiger charge is -2.08. The molecule has 0 radical (unpaired) electrons. The summed E-state index contributed by atoms with van der Waals surface area (Å²) in [5.74, 6) is -0.398. The lowest BCUT2D eigenvalue weighted by atomic mass is 10.2. The van der Waals surface area contributed by atoms with E-state index in [1.165, 1.54) is 18.2 Å². The van der Waals surface area contributed by atoms with E-state index in [-0.39, 0.29) is 18.0 Å². The fraction of sp³-hybridized carbons (Fsp3) is 0.0769. The van der Waals surface area contributed by atoms with Gasteiger partial charge < -0.3 is 4.74 Å². The van der Waals surface area contributed by atoms with Gasteiger partial charge in [0.25, 0.3) is 5.69 Å². The molecule has 0 saturated carbocycles. The van der Waals surface area contributed by atoms with Crippen LogP contribution in [0.1, 0.15) is 5.56 Å². The molecule has 7 heteroatoms. The van der Waals surface area contributed by atoms with Crippen molar-refractivity contribution in [1.82, 2.24) is 0 Å². The molecule has 20 heavy (non-hydrogen) atoms. The van der Waals surface area contributed by atoms with Gasteiger partial charge in [-0.2, -0.15) is 0 Å². The zero-order chi connectivity index (χ0) is 14.7. The molecule has 0 unspecified atom stereocenters. The molecule has 2 aromatic carbocycles. The van der Waals surface area contributed by atoms with Gasteiger partial charge in [0.1, 0.15) is 6.61 Å². The average molecular weight is 405 g/mol. The number of ether oxygens (including phenoxy) is 1. The SMILES string of the molecule is O=[N+]([O-])c1cc(COc2cc(Br)ccc2F)ccc1Br. The monoisotopic (exact) mass is 403 g/mol. The molecule has 0 N–H and O–H groups in total. The fourth-order valence-electron chi connectivity index (χ4n) is 1.54. The first-order valence-electron chi connectivity index (χ1n) is 5.48. The molecule has 0 bridgehead atoms. The minimum Gasteiger partial charge on any atom is -0.486 e. The van der Waals surface area contributed by atoms with Crippen molar-refractivity contribution in [2.24, 2.45) is 0 Å². The van der Waals surface area contributed by atoms with Crippen LogP contribution in [0.4, 0.5) is 10.1 Å². The van der Waals surface area contributed by atoms with Crippen molar-refractivity contribution in [3.63, 3.8) is 0 Å². The first-order valence-corrected chi connectivity index (χ1v) is 7.06. The van der Waals surface area contributed by atoms with E-state index in [0.717, 1.165) is 0 Å². The lowest BCUT2D eigenvalue weighted by molar-refractivity contribution is -0.385. The minimum absolute atomic E-state index is 0.0431. The highest BCUT2D eigenvalue weighted by Crippen LogP contribution is 2.27. The largest absolute Gasteiger partial charge is 0.486 e. The second kappa shape index (κ2) is 6.32. The zero-order valence-electron chi connectivity index (χ0n) is 9.98. The summed E-state index contributed by atoms with van der Waals surface area (Å²) in [7, 11) is 0. The van der Waals surface area contributed by atoms with Gasteiger partial charge in [-0.25, -0.2) is 4.39 Å². The van der Waals surface area contributed by atoms with E-state index in [2.05, 4.69) is 31.9 Å². The normalized spacial score (nSPS) is 10.3. The van der Waals surface area contributed by atoms with E-state index >= 15 is 0 Å². The van der Waals surface area contributed by atoms with Crippen LogP contribution in [-0.2, 0) is 6.61 Å². The van der Waals surface area contributed by atoms with Crippen molar-refractivity contribution in [3.8, 4) is 5.75 Å². The van der Waals surface area contributed by atoms with Gasteiger partial charge in [0.2, 0.25) is 0 Å². The summed E-state index contributed by atoms with van der Waals surface area (Å²) in [6.45, 7) is 0.0431. The molecule has 0 spiro atoms. The predicted molar refractivity (Wildman–Crippen MR) is 79.2 cm³/mol. The topological polar surface area (TPSA) is 52.4 Å². The highest BCUT2D eigenvalue weighted by molar-refractivity contribution is 9.10. The molecule has 0 saturated heterocycles. The molecular weight excluding hydrogens is 397 g/mol. The van der Waals surface area contributed by atoms with Crippen LogP contribution >= 0.6 is 31.9 Å². The van der Waals surface area contributed by atoms with E-state index in [9.17, 15) is 14.5 Å². The number of nitrogens with zero attached hydrogens (tertiary/aromatic N) is 1. The Bertz CT molecular complexity index is 664. The summed E-state index contributed by atoms with van der Waals surface area (Å²) in [6, 6.07) is 8.97. The molecule has 0 aliphatic heterocycles. The third-order valence-electron chi connectivity index (χ3n) is 2.49. The summed E-state index contributed by atoms with van der Waals surface area (Å²) in [4.78, 5) is 10.3. The van der Waals surface area contributed by atoms with Gasteiger partial charge in [-0.15, -0.1) is 0 Å². The Morgan fingerprint density at radius 1 is 1.20 bits per heavy atom. The van der Waals surface area contributed by atoms with Gasteiger partial charge in [-0.3, -0.25) is 10.1 Å². The number of rotatable bonds is 4. The quantitative estimate of drug-likeness (QED) is 0.541. The molecule has 0 heterocycles. The Morgan fingerprint density at radius 3 is 2.65 bits per heavy atom. The number of hydrogen-bond acceptors (Lipinski definition) is 3. The van der Waals surface area contributed by atoms with Gasteiger partial charge in [0.05, 0.1) is 9.40 Å². The van der Waals surface area contributed by atoms with Crippen LogP contribution in [0.25, 0.3) is 0 Å². The van der Waals surface area contributed by atoms with Gasteiger partial charge in [0.15, 0.2) is 11.6 Å². The molecular formula is C13H8Br2FNO3. The Labute approximate surface area is 131 Å². The Kier molecular flexibility index (Phi) is 4.72. The minimum atomic E-state index is -0.493. The third kappa shape index (κ3) is 3.55. The second-order valence-electron chi connectivity index (χ2n) is 3.91. The Morgan fingerprint density at radius 2 is 1.95 bits per heavy atom. The standard InChI is InChI=1S/C13H8Br2FNO3/c14-9-2-4-11(16)13(6-9)20-7-8-1-3-10(15)12(5-8)17(18)19/h1-6H,7H2. The van der Waals surface area contributed by atoms with Gasteiger partial charge in [0, 0.05) is 10.5 Å². The van der Waals surface area contributed by atoms with Gasteiger partial charge in [-0.05, 0) is 45.8 Å². The number of halogens is 3. The van der Waals surface area contributed by atoms with Crippen molar-refractivity contribution in [2.45, 2.75) is 6.61 Å². The first kappa shape index (κ1) is 14.9. The van der Waals surface area contributed by atoms with Crippen LogP contribution < -0.4 is 4.74 Å². The van der Waals surface area contributed by atoms with E-state index in [1.807, 2.05) is 0 Å². The first-order chi connectivity index (χ1) is 9.47. The van der Waals surface area contributed by atoms with Crippen LogP contribution in [0.3, 0.4) is 0 Å². The van der Waals surface area contributed by atoms with E-state index < -0.39 is 10.7 Å². The molecule has 0 amide bonds. The van der Waals surface area contributed by atoms with Crippen LogP contribution in [0, 0.1) is 15.9 Å². The second-order valence-corrected chi connectivity index (χ2v) is 5.68. The maximum atomic E-state index is 13.5. The van der Waals surface area contributed by atoms with Crippen molar-refractivity contribution in [3.05, 3.63) is 66.8 Å². The summed E-state index contributed by atoms with van der Waals surface area (Å²) >= 11 is 6.32. The van der Waals surface area contributed by atoms with E-state index in [1.54, 1.807) is 18.2 Å². The fourth-order valence-corrected chi connectivity index (χ4v) is 2.27. The highest BCUT2D eigenvalue weighted by Gasteiger charge is 2.13. The van der Waals surface area contributed by atoms with Crippen LogP contribution in [0.15, 0.2) is 45.3 Å². The molecule has 4 nitrogen and oxygen atoms in total. The molecule has 2 aromatic rings. The molecule has 0 aliphatic rings. The third-order valence-corrected chi connectivity index (χ3v) is 3.66. The highest BCUT2D eigenvalue weighted by atomic mass is 79.9. The molecule has 0 aliphatic carbocycles. The van der Waals surface area contributed by atoms with Gasteiger partial charge >= 0.3 is 0 Å². The summed E-state index contributed by atoms with van der Waals surface area (Å²) in [5.41, 5.74) is 0.528. The lowest BCUT2D eigenvalue weighted by Crippen LogP contribution is -1.99.